The van der Waals surface area contributed by atoms with Crippen LogP contribution in [0.4, 0.5) is 0 Å². The first-order valence-electron chi connectivity index (χ1n) is 6.99. The molecule has 0 aliphatic rings. The molecule has 21 heavy (non-hydrogen) atoms. The number of nitrogens with zero attached hydrogens (tertiary/aromatic N) is 1. The van der Waals surface area contributed by atoms with E-state index in [9.17, 15) is 5.11 Å². The van der Waals surface area contributed by atoms with Crippen molar-refractivity contribution in [1.29, 1.82) is 0 Å². The second-order valence-electron chi connectivity index (χ2n) is 5.18. The van der Waals surface area contributed by atoms with Crippen LogP contribution in [0.25, 0.3) is 10.9 Å². The number of pyridine rings is 1. The molecule has 2 N–H and O–H groups in total. The van der Waals surface area contributed by atoms with Crippen LogP contribution >= 0.6 is 11.3 Å². The van der Waals surface area contributed by atoms with Crippen LogP contribution in [0, 0.1) is 6.92 Å². The average Bonchev–Trinajstić information content (AvgIpc) is 3.01. The van der Waals surface area contributed by atoms with Crippen molar-refractivity contribution in [3.63, 3.8) is 0 Å². The fourth-order valence-corrected chi connectivity index (χ4v) is 3.03. The number of thiophene rings is 1. The van der Waals surface area contributed by atoms with Crippen LogP contribution in [-0.2, 0) is 6.54 Å². The van der Waals surface area contributed by atoms with Crippen LogP contribution in [0.5, 0.6) is 0 Å². The summed E-state index contributed by atoms with van der Waals surface area (Å²) in [5.41, 5.74) is 4.24. The Bertz CT molecular complexity index is 725. The summed E-state index contributed by atoms with van der Waals surface area (Å²) in [7, 11) is 0. The number of hydrogen-bond acceptors (Lipinski definition) is 4. The first-order chi connectivity index (χ1) is 10.2. The third-order valence-corrected chi connectivity index (χ3v) is 4.19. The summed E-state index contributed by atoms with van der Waals surface area (Å²) < 4.78 is 0. The number of fused-ring (bicyclic) bond motifs is 1. The van der Waals surface area contributed by atoms with Crippen molar-refractivity contribution >= 4 is 22.2 Å². The van der Waals surface area contributed by atoms with Gasteiger partial charge in [-0.2, -0.15) is 11.3 Å². The minimum absolute atomic E-state index is 0.443. The van der Waals surface area contributed by atoms with Gasteiger partial charge in [0.1, 0.15) is 0 Å². The number of aliphatic hydroxyl groups is 1. The summed E-state index contributed by atoms with van der Waals surface area (Å²) in [5, 5.41) is 18.4. The SMILES string of the molecule is Cc1ccc2cc(CNCC(O)c3ccsc3)ccc2n1. The molecule has 3 rings (SSSR count). The third kappa shape index (κ3) is 3.47. The fourth-order valence-electron chi connectivity index (χ4n) is 2.32. The van der Waals surface area contributed by atoms with E-state index in [-0.39, 0.29) is 0 Å². The first kappa shape index (κ1) is 14.2. The zero-order valence-corrected chi connectivity index (χ0v) is 12.7. The molecule has 108 valence electrons. The summed E-state index contributed by atoms with van der Waals surface area (Å²) >= 11 is 1.61. The molecule has 1 unspecified atom stereocenters. The van der Waals surface area contributed by atoms with Crippen molar-refractivity contribution in [1.82, 2.24) is 10.3 Å². The number of nitrogens with one attached hydrogen (secondary N) is 1. The molecule has 0 fully saturated rings. The standard InChI is InChI=1S/C17H18N2OS/c1-12-2-4-14-8-13(3-5-16(14)19-12)9-18-10-17(20)15-6-7-21-11-15/h2-8,11,17-18,20H,9-10H2,1H3. The van der Waals surface area contributed by atoms with E-state index in [0.717, 1.165) is 28.7 Å². The minimum atomic E-state index is -0.443. The van der Waals surface area contributed by atoms with Crippen LogP contribution in [0.1, 0.15) is 22.9 Å². The van der Waals surface area contributed by atoms with Gasteiger partial charge in [-0.25, -0.2) is 0 Å². The van der Waals surface area contributed by atoms with Crippen molar-refractivity contribution in [3.05, 3.63) is 64.0 Å². The van der Waals surface area contributed by atoms with Gasteiger partial charge in [-0.15, -0.1) is 0 Å². The number of aromatic nitrogens is 1. The largest absolute Gasteiger partial charge is 0.387 e. The Kier molecular flexibility index (Phi) is 4.29. The van der Waals surface area contributed by atoms with Gasteiger partial charge in [0.15, 0.2) is 0 Å². The number of benzene rings is 1. The van der Waals surface area contributed by atoms with Gasteiger partial charge in [0.25, 0.3) is 0 Å². The molecule has 0 saturated heterocycles. The minimum Gasteiger partial charge on any atom is -0.387 e. The molecule has 0 radical (unpaired) electrons. The Morgan fingerprint density at radius 3 is 2.95 bits per heavy atom. The fraction of sp³-hybridized carbons (Fsp3) is 0.235. The maximum absolute atomic E-state index is 10.0. The van der Waals surface area contributed by atoms with Crippen LogP contribution in [0.3, 0.4) is 0 Å². The maximum atomic E-state index is 10.0. The molecule has 3 nitrogen and oxygen atoms in total. The highest BCUT2D eigenvalue weighted by atomic mass is 32.1. The van der Waals surface area contributed by atoms with E-state index < -0.39 is 6.10 Å². The lowest BCUT2D eigenvalue weighted by atomic mass is 10.1. The molecule has 0 spiro atoms. The van der Waals surface area contributed by atoms with Gasteiger partial charge in [0.05, 0.1) is 11.6 Å². The summed E-state index contributed by atoms with van der Waals surface area (Å²) in [6.07, 6.45) is -0.443. The zero-order chi connectivity index (χ0) is 14.7. The van der Waals surface area contributed by atoms with Gasteiger partial charge < -0.3 is 10.4 Å². The van der Waals surface area contributed by atoms with E-state index in [1.54, 1.807) is 11.3 Å². The van der Waals surface area contributed by atoms with Crippen molar-refractivity contribution in [2.75, 3.05) is 6.54 Å². The molecule has 0 amide bonds. The number of aliphatic hydroxyl groups excluding tert-OH is 1. The van der Waals surface area contributed by atoms with E-state index in [0.29, 0.717) is 6.54 Å². The highest BCUT2D eigenvalue weighted by Gasteiger charge is 2.07. The molecule has 3 aromatic rings. The summed E-state index contributed by atoms with van der Waals surface area (Å²) in [6.45, 7) is 3.30. The first-order valence-corrected chi connectivity index (χ1v) is 7.94. The molecule has 1 atom stereocenters. The maximum Gasteiger partial charge on any atom is 0.0922 e. The van der Waals surface area contributed by atoms with E-state index in [2.05, 4.69) is 34.6 Å². The summed E-state index contributed by atoms with van der Waals surface area (Å²) in [4.78, 5) is 4.50. The Morgan fingerprint density at radius 1 is 1.24 bits per heavy atom. The Morgan fingerprint density at radius 2 is 2.14 bits per heavy atom. The van der Waals surface area contributed by atoms with E-state index in [1.165, 1.54) is 5.56 Å². The molecule has 0 bridgehead atoms. The lowest BCUT2D eigenvalue weighted by Gasteiger charge is -2.11. The summed E-state index contributed by atoms with van der Waals surface area (Å²) in [6, 6.07) is 12.4. The zero-order valence-electron chi connectivity index (χ0n) is 11.9. The molecule has 0 saturated carbocycles. The van der Waals surface area contributed by atoms with Crippen molar-refractivity contribution in [2.45, 2.75) is 19.6 Å². The van der Waals surface area contributed by atoms with Gasteiger partial charge in [0, 0.05) is 24.2 Å². The van der Waals surface area contributed by atoms with Gasteiger partial charge in [-0.3, -0.25) is 4.98 Å². The van der Waals surface area contributed by atoms with Gasteiger partial charge in [-0.1, -0.05) is 12.1 Å². The summed E-state index contributed by atoms with van der Waals surface area (Å²) in [5.74, 6) is 0. The highest BCUT2D eigenvalue weighted by molar-refractivity contribution is 7.07. The lowest BCUT2D eigenvalue weighted by molar-refractivity contribution is 0.175. The van der Waals surface area contributed by atoms with Crippen LogP contribution in [0.15, 0.2) is 47.2 Å². The number of rotatable bonds is 5. The smallest absolute Gasteiger partial charge is 0.0922 e. The van der Waals surface area contributed by atoms with Crippen molar-refractivity contribution in [3.8, 4) is 0 Å². The van der Waals surface area contributed by atoms with Gasteiger partial charge in [0.2, 0.25) is 0 Å². The van der Waals surface area contributed by atoms with Crippen LogP contribution in [-0.4, -0.2) is 16.6 Å². The second kappa shape index (κ2) is 6.35. The molecule has 2 aromatic heterocycles. The van der Waals surface area contributed by atoms with Gasteiger partial charge in [-0.05, 0) is 53.1 Å². The topological polar surface area (TPSA) is 45.1 Å². The van der Waals surface area contributed by atoms with Crippen LogP contribution in [0.2, 0.25) is 0 Å². The Balaban J connectivity index is 1.61. The second-order valence-corrected chi connectivity index (χ2v) is 5.96. The molecule has 4 heteroatoms. The van der Waals surface area contributed by atoms with E-state index >= 15 is 0 Å². The van der Waals surface area contributed by atoms with Crippen LogP contribution < -0.4 is 5.32 Å². The highest BCUT2D eigenvalue weighted by Crippen LogP contribution is 2.17. The molecular weight excluding hydrogens is 280 g/mol. The molecule has 0 aliphatic heterocycles. The quantitative estimate of drug-likeness (QED) is 0.758. The van der Waals surface area contributed by atoms with Crippen molar-refractivity contribution in [2.24, 2.45) is 0 Å². The monoisotopic (exact) mass is 298 g/mol. The molecule has 0 aliphatic carbocycles. The average molecular weight is 298 g/mol. The molecule has 1 aromatic carbocycles. The predicted octanol–water partition coefficient (Wildman–Crippen LogP) is 3.43. The lowest BCUT2D eigenvalue weighted by Crippen LogP contribution is -2.20. The van der Waals surface area contributed by atoms with Gasteiger partial charge >= 0.3 is 0 Å². The third-order valence-electron chi connectivity index (χ3n) is 3.49. The normalized spacial score (nSPS) is 12.7. The number of hydrogen-bond donors (Lipinski definition) is 2. The number of aryl methyl sites for hydroxylation is 1. The Labute approximate surface area is 128 Å². The molecule has 2 heterocycles. The van der Waals surface area contributed by atoms with E-state index in [1.807, 2.05) is 29.8 Å². The Hall–Kier alpha value is -1.75. The predicted molar refractivity (Wildman–Crippen MR) is 87.5 cm³/mol. The van der Waals surface area contributed by atoms with Crippen molar-refractivity contribution < 1.29 is 5.11 Å². The molecular formula is C17H18N2OS. The van der Waals surface area contributed by atoms with E-state index in [4.69, 9.17) is 0 Å².